The summed E-state index contributed by atoms with van der Waals surface area (Å²) in [5.74, 6) is 2.45. The van der Waals surface area contributed by atoms with E-state index in [9.17, 15) is 19.7 Å². The van der Waals surface area contributed by atoms with E-state index in [1.54, 1.807) is 31.2 Å². The molecule has 1 aliphatic rings. The third kappa shape index (κ3) is 14.5. The quantitative estimate of drug-likeness (QED) is 0.0361. The van der Waals surface area contributed by atoms with Gasteiger partial charge in [-0.3, -0.25) is 9.05 Å². The number of terminal acetylenes is 1. The van der Waals surface area contributed by atoms with Crippen LogP contribution in [-0.4, -0.2) is 85.5 Å². The van der Waals surface area contributed by atoms with Gasteiger partial charge < -0.3 is 29.3 Å². The van der Waals surface area contributed by atoms with Crippen molar-refractivity contribution in [3.8, 4) is 18.4 Å². The largest absolute Gasteiger partial charge is 0.472 e. The van der Waals surface area contributed by atoms with Crippen molar-refractivity contribution in [2.75, 3.05) is 26.4 Å². The van der Waals surface area contributed by atoms with Gasteiger partial charge in [0.05, 0.1) is 43.3 Å². The Balaban J connectivity index is 1.18. The molecule has 0 spiro atoms. The van der Waals surface area contributed by atoms with Crippen LogP contribution in [0.15, 0.2) is 36.8 Å². The molecule has 4 heterocycles. The highest BCUT2D eigenvalue weighted by molar-refractivity contribution is 7.47. The smallest absolute Gasteiger partial charge is 0.387 e. The van der Waals surface area contributed by atoms with E-state index in [1.165, 1.54) is 101 Å². The number of nitrogens with zero attached hydrogens (tertiary/aromatic N) is 5. The van der Waals surface area contributed by atoms with E-state index in [2.05, 4.69) is 27.9 Å². The second-order valence-corrected chi connectivity index (χ2v) is 16.3. The number of rotatable bonds is 29. The molecule has 1 saturated heterocycles. The summed E-state index contributed by atoms with van der Waals surface area (Å²) in [5, 5.41) is 35.2. The number of fused-ring (bicyclic) bond motifs is 1. The minimum absolute atomic E-state index is 0.0953. The van der Waals surface area contributed by atoms with Crippen LogP contribution in [0.3, 0.4) is 0 Å². The maximum Gasteiger partial charge on any atom is 0.472 e. The van der Waals surface area contributed by atoms with Gasteiger partial charge in [0.15, 0.2) is 5.60 Å². The number of ether oxygens (including phenoxy) is 3. The fourth-order valence-electron chi connectivity index (χ4n) is 6.98. The first kappa shape index (κ1) is 46.4. The van der Waals surface area contributed by atoms with Crippen molar-refractivity contribution >= 4 is 13.3 Å². The van der Waals surface area contributed by atoms with Crippen molar-refractivity contribution in [1.82, 2.24) is 19.6 Å². The minimum Gasteiger partial charge on any atom is -0.387 e. The summed E-state index contributed by atoms with van der Waals surface area (Å²) in [6, 6.07) is 8.59. The van der Waals surface area contributed by atoms with Gasteiger partial charge in [-0.05, 0) is 37.1 Å². The molecule has 1 aliphatic heterocycles. The van der Waals surface area contributed by atoms with Crippen LogP contribution in [-0.2, 0) is 40.0 Å². The molecule has 4 rings (SSSR count). The Morgan fingerprint density at radius 2 is 1.58 bits per heavy atom. The van der Waals surface area contributed by atoms with Gasteiger partial charge in [0, 0.05) is 12.8 Å². The SMILES string of the molecule is C#C[C@@]1(c2ccc3c(C)ncnn23)O[C@H](COP(=O)(O)OC[C@@H](COCCCCCCCCCCCCCCCCCC)OCc2ccc(C#N)nc2)[C@@H](O)[C@H]1O. The molecule has 0 aliphatic carbocycles. The Morgan fingerprint density at radius 1 is 0.930 bits per heavy atom. The third-order valence-electron chi connectivity index (χ3n) is 10.4. The average molecular weight is 812 g/mol. The van der Waals surface area contributed by atoms with Gasteiger partial charge in [0.1, 0.15) is 42.5 Å². The Bertz CT molecular complexity index is 1750. The lowest BCUT2D eigenvalue weighted by atomic mass is 9.92. The van der Waals surface area contributed by atoms with E-state index in [0.29, 0.717) is 23.4 Å². The molecule has 0 radical (unpaired) electrons. The van der Waals surface area contributed by atoms with Gasteiger partial charge >= 0.3 is 7.82 Å². The van der Waals surface area contributed by atoms with Gasteiger partial charge in [-0.1, -0.05) is 115 Å². The fraction of sp³-hybridized carbons (Fsp3) is 0.667. The molecule has 1 unspecified atom stereocenters. The lowest BCUT2D eigenvalue weighted by Gasteiger charge is -2.26. The van der Waals surface area contributed by atoms with E-state index in [4.69, 9.17) is 34.9 Å². The molecular weight excluding hydrogens is 749 g/mol. The monoisotopic (exact) mass is 811 g/mol. The van der Waals surface area contributed by atoms with E-state index in [0.717, 1.165) is 19.3 Å². The van der Waals surface area contributed by atoms with Crippen molar-refractivity contribution < 1.29 is 42.9 Å². The normalized spacial score (nSPS) is 21.0. The van der Waals surface area contributed by atoms with Crippen molar-refractivity contribution in [3.63, 3.8) is 0 Å². The Hall–Kier alpha value is -3.27. The van der Waals surface area contributed by atoms with Crippen molar-refractivity contribution in [1.29, 1.82) is 5.26 Å². The lowest BCUT2D eigenvalue weighted by Crippen LogP contribution is -2.41. The summed E-state index contributed by atoms with van der Waals surface area (Å²) in [7, 11) is -4.72. The summed E-state index contributed by atoms with van der Waals surface area (Å²) in [6.07, 6.45) is 24.0. The number of hydrogen-bond acceptors (Lipinski definition) is 12. The van der Waals surface area contributed by atoms with Crippen LogP contribution < -0.4 is 0 Å². The maximum absolute atomic E-state index is 13.0. The molecule has 3 N–H and O–H groups in total. The first-order valence-electron chi connectivity index (χ1n) is 20.6. The number of aliphatic hydroxyl groups is 2. The highest BCUT2D eigenvalue weighted by Gasteiger charge is 2.56. The Labute approximate surface area is 337 Å². The Kier molecular flexibility index (Phi) is 20.0. The van der Waals surface area contributed by atoms with Crippen LogP contribution in [0.5, 0.6) is 0 Å². The molecular formula is C42H62N5O9P. The molecule has 1 fully saturated rings. The first-order chi connectivity index (χ1) is 27.6. The van der Waals surface area contributed by atoms with E-state index in [-0.39, 0.29) is 31.2 Å². The highest BCUT2D eigenvalue weighted by Crippen LogP contribution is 2.46. The minimum atomic E-state index is -4.72. The van der Waals surface area contributed by atoms with Gasteiger partial charge in [0.2, 0.25) is 0 Å². The Morgan fingerprint density at radius 3 is 2.18 bits per heavy atom. The summed E-state index contributed by atoms with van der Waals surface area (Å²) in [6.45, 7) is 3.77. The van der Waals surface area contributed by atoms with Crippen LogP contribution in [0.1, 0.15) is 132 Å². The zero-order valence-electron chi connectivity index (χ0n) is 33.7. The molecule has 0 saturated carbocycles. The van der Waals surface area contributed by atoms with Crippen LogP contribution in [0.4, 0.5) is 0 Å². The number of unbranched alkanes of at least 4 members (excludes halogenated alkanes) is 15. The molecule has 15 heteroatoms. The molecule has 6 atom stereocenters. The summed E-state index contributed by atoms with van der Waals surface area (Å²) < 4.78 is 42.9. The predicted molar refractivity (Wildman–Crippen MR) is 215 cm³/mol. The summed E-state index contributed by atoms with van der Waals surface area (Å²) in [4.78, 5) is 18.8. The number of phosphoric ester groups is 1. The maximum atomic E-state index is 13.0. The molecule has 0 amide bonds. The van der Waals surface area contributed by atoms with Gasteiger partial charge in [-0.15, -0.1) is 6.42 Å². The number of pyridine rings is 1. The average Bonchev–Trinajstić information content (AvgIpc) is 3.77. The molecule has 14 nitrogen and oxygen atoms in total. The zero-order chi connectivity index (χ0) is 40.9. The van der Waals surface area contributed by atoms with Crippen LogP contribution in [0, 0.1) is 30.6 Å². The van der Waals surface area contributed by atoms with Crippen molar-refractivity contribution in [2.45, 2.75) is 153 Å². The first-order valence-corrected chi connectivity index (χ1v) is 22.1. The van der Waals surface area contributed by atoms with E-state index >= 15 is 0 Å². The fourth-order valence-corrected chi connectivity index (χ4v) is 7.75. The zero-order valence-corrected chi connectivity index (χ0v) is 34.6. The molecule has 314 valence electrons. The summed E-state index contributed by atoms with van der Waals surface area (Å²) >= 11 is 0. The van der Waals surface area contributed by atoms with Crippen molar-refractivity contribution in [3.05, 3.63) is 59.4 Å². The van der Waals surface area contributed by atoms with E-state index < -0.39 is 44.4 Å². The number of nitriles is 1. The second-order valence-electron chi connectivity index (χ2n) is 14.9. The molecule has 57 heavy (non-hydrogen) atoms. The van der Waals surface area contributed by atoms with Crippen LogP contribution in [0.25, 0.3) is 5.52 Å². The van der Waals surface area contributed by atoms with E-state index in [1.807, 2.05) is 6.07 Å². The van der Waals surface area contributed by atoms with Crippen LogP contribution >= 0.6 is 7.82 Å². The molecule has 0 aromatic carbocycles. The van der Waals surface area contributed by atoms with Gasteiger partial charge in [-0.2, -0.15) is 10.4 Å². The molecule has 0 bridgehead atoms. The van der Waals surface area contributed by atoms with Crippen LogP contribution in [0.2, 0.25) is 0 Å². The number of phosphoric acid groups is 1. The predicted octanol–water partition coefficient (Wildman–Crippen LogP) is 7.25. The van der Waals surface area contributed by atoms with Gasteiger partial charge in [0.25, 0.3) is 0 Å². The molecule has 3 aromatic heterocycles. The number of aromatic nitrogens is 4. The lowest BCUT2D eigenvalue weighted by molar-refractivity contribution is -0.0681. The highest BCUT2D eigenvalue weighted by atomic mass is 31.2. The number of hydrogen-bond donors (Lipinski definition) is 3. The van der Waals surface area contributed by atoms with Gasteiger partial charge in [-0.25, -0.2) is 19.0 Å². The third-order valence-corrected chi connectivity index (χ3v) is 11.3. The standard InChI is InChI=1S/C42H62N5O9P/c1-4-6-7-8-9-10-11-12-13-14-15-16-17-18-19-20-25-52-29-36(53-28-34-21-22-35(26-43)44-27-34)30-54-57(50,51)55-31-38-40(48)41(49)42(5-2,56-38)39-24-23-37-33(3)45-32-46-47(37)39/h2,21-24,27,32,36,38,40-41,48-49H,4,6-20,25,28-31H2,1,3H3,(H,50,51)/t36-,38-,40-,41-,42+/m1/s1. The summed E-state index contributed by atoms with van der Waals surface area (Å²) in [5.41, 5.74) is 0.705. The molecule has 3 aromatic rings. The number of aryl methyl sites for hydroxylation is 1. The second kappa shape index (κ2) is 24.6. The number of aliphatic hydroxyl groups excluding tert-OH is 2. The topological polar surface area (TPSA) is 191 Å². The van der Waals surface area contributed by atoms with Crippen molar-refractivity contribution in [2.24, 2.45) is 0 Å².